The van der Waals surface area contributed by atoms with Crippen LogP contribution in [0.3, 0.4) is 0 Å². The Labute approximate surface area is 51.0 Å². The van der Waals surface area contributed by atoms with Crippen LogP contribution in [0.1, 0.15) is 33.1 Å². The molecule has 0 unspecified atom stereocenters. The van der Waals surface area contributed by atoms with Gasteiger partial charge in [-0.3, -0.25) is 0 Å². The monoisotopic (exact) mass is 114 g/mol. The van der Waals surface area contributed by atoms with E-state index in [4.69, 9.17) is 5.11 Å². The van der Waals surface area contributed by atoms with Gasteiger partial charge in [0, 0.05) is 0 Å². The van der Waals surface area contributed by atoms with Crippen LogP contribution in [0.5, 0.6) is 0 Å². The molecule has 0 bridgehead atoms. The summed E-state index contributed by atoms with van der Waals surface area (Å²) in [5.74, 6) is 0. The minimum Gasteiger partial charge on any atom is -0.516 e. The molecule has 0 heterocycles. The third kappa shape index (κ3) is 2.67. The molecular formula is C7H14O. The lowest BCUT2D eigenvalue weighted by Crippen LogP contribution is -1.78. The van der Waals surface area contributed by atoms with E-state index >= 15 is 0 Å². The van der Waals surface area contributed by atoms with Crippen molar-refractivity contribution in [1.82, 2.24) is 0 Å². The van der Waals surface area contributed by atoms with Crippen molar-refractivity contribution in [2.75, 3.05) is 0 Å². The first-order chi connectivity index (χ1) is 3.85. The van der Waals surface area contributed by atoms with E-state index in [0.29, 0.717) is 0 Å². The van der Waals surface area contributed by atoms with E-state index in [9.17, 15) is 0 Å². The Balaban J connectivity index is 3.38. The normalized spacial score (nSPS) is 12.0. The predicted octanol–water partition coefficient (Wildman–Crippen LogP) is 2.64. The van der Waals surface area contributed by atoms with Gasteiger partial charge in [0.2, 0.25) is 0 Å². The number of aliphatic hydroxyl groups is 1. The average Bonchev–Trinajstić information content (AvgIpc) is 1.83. The van der Waals surface area contributed by atoms with Crippen molar-refractivity contribution in [2.45, 2.75) is 33.1 Å². The van der Waals surface area contributed by atoms with Gasteiger partial charge in [0.15, 0.2) is 0 Å². The van der Waals surface area contributed by atoms with Gasteiger partial charge in [-0.15, -0.1) is 0 Å². The predicted molar refractivity (Wildman–Crippen MR) is 35.9 cm³/mol. The van der Waals surface area contributed by atoms with E-state index in [-0.39, 0.29) is 0 Å². The maximum absolute atomic E-state index is 8.50. The van der Waals surface area contributed by atoms with Crippen molar-refractivity contribution in [1.29, 1.82) is 0 Å². The molecule has 0 saturated heterocycles. The van der Waals surface area contributed by atoms with Gasteiger partial charge in [0.1, 0.15) is 0 Å². The first-order valence-electron chi connectivity index (χ1n) is 3.17. The van der Waals surface area contributed by atoms with E-state index in [2.05, 4.69) is 13.8 Å². The molecule has 0 radical (unpaired) electrons. The van der Waals surface area contributed by atoms with E-state index in [1.54, 1.807) is 0 Å². The van der Waals surface area contributed by atoms with Gasteiger partial charge < -0.3 is 5.11 Å². The van der Waals surface area contributed by atoms with Crippen LogP contribution in [0.2, 0.25) is 0 Å². The molecule has 0 spiro atoms. The fourth-order valence-electron chi connectivity index (χ4n) is 0.654. The Morgan fingerprint density at radius 3 is 2.25 bits per heavy atom. The van der Waals surface area contributed by atoms with Crippen LogP contribution in [-0.2, 0) is 0 Å². The SMILES string of the molecule is CCC/C(=C\O)CC. The van der Waals surface area contributed by atoms with Gasteiger partial charge in [0.25, 0.3) is 0 Å². The number of hydrogen-bond acceptors (Lipinski definition) is 1. The average molecular weight is 114 g/mol. The molecule has 0 amide bonds. The molecule has 0 aliphatic carbocycles. The second-order valence-electron chi connectivity index (χ2n) is 1.89. The summed E-state index contributed by atoms with van der Waals surface area (Å²) < 4.78 is 0. The van der Waals surface area contributed by atoms with Crippen molar-refractivity contribution in [2.24, 2.45) is 0 Å². The molecule has 8 heavy (non-hydrogen) atoms. The first-order valence-corrected chi connectivity index (χ1v) is 3.17. The van der Waals surface area contributed by atoms with Crippen molar-refractivity contribution in [3.8, 4) is 0 Å². The van der Waals surface area contributed by atoms with Crippen LogP contribution in [0.15, 0.2) is 11.8 Å². The number of aliphatic hydroxyl groups excluding tert-OH is 1. The van der Waals surface area contributed by atoms with Gasteiger partial charge in [-0.05, 0) is 18.4 Å². The van der Waals surface area contributed by atoms with Gasteiger partial charge >= 0.3 is 0 Å². The third-order valence-electron chi connectivity index (χ3n) is 1.21. The van der Waals surface area contributed by atoms with Crippen molar-refractivity contribution < 1.29 is 5.11 Å². The third-order valence-corrected chi connectivity index (χ3v) is 1.21. The molecule has 0 saturated carbocycles. The highest BCUT2D eigenvalue weighted by Gasteiger charge is 1.88. The second kappa shape index (κ2) is 4.69. The molecule has 1 N–H and O–H groups in total. The quantitative estimate of drug-likeness (QED) is 0.559. The van der Waals surface area contributed by atoms with Gasteiger partial charge in [-0.25, -0.2) is 0 Å². The molecule has 0 aromatic heterocycles. The van der Waals surface area contributed by atoms with Gasteiger partial charge in [-0.1, -0.05) is 20.3 Å². The van der Waals surface area contributed by atoms with E-state index in [1.807, 2.05) is 0 Å². The van der Waals surface area contributed by atoms with E-state index < -0.39 is 0 Å². The summed E-state index contributed by atoms with van der Waals surface area (Å²) in [6, 6.07) is 0. The molecule has 1 heteroatoms. The summed E-state index contributed by atoms with van der Waals surface area (Å²) in [5.41, 5.74) is 1.15. The number of allylic oxidation sites excluding steroid dienone is 1. The van der Waals surface area contributed by atoms with Crippen LogP contribution >= 0.6 is 0 Å². The number of hydrogen-bond donors (Lipinski definition) is 1. The highest BCUT2D eigenvalue weighted by atomic mass is 16.2. The highest BCUT2D eigenvalue weighted by molar-refractivity contribution is 4.94. The smallest absolute Gasteiger partial charge is 0.0783 e. The number of rotatable bonds is 3. The Kier molecular flexibility index (Phi) is 4.42. The molecular weight excluding hydrogens is 100 g/mol. The minimum absolute atomic E-state index is 0.977. The molecule has 48 valence electrons. The summed E-state index contributed by atoms with van der Waals surface area (Å²) in [7, 11) is 0. The molecule has 0 rings (SSSR count). The second-order valence-corrected chi connectivity index (χ2v) is 1.89. The fraction of sp³-hybridized carbons (Fsp3) is 0.714. The molecule has 0 aliphatic rings. The Morgan fingerprint density at radius 1 is 1.50 bits per heavy atom. The topological polar surface area (TPSA) is 20.2 Å². The van der Waals surface area contributed by atoms with Gasteiger partial charge in [0.05, 0.1) is 6.26 Å². The van der Waals surface area contributed by atoms with Crippen molar-refractivity contribution in [3.05, 3.63) is 11.8 Å². The molecule has 0 aliphatic heterocycles. The maximum Gasteiger partial charge on any atom is 0.0783 e. The lowest BCUT2D eigenvalue weighted by molar-refractivity contribution is 0.461. The van der Waals surface area contributed by atoms with E-state index in [0.717, 1.165) is 24.8 Å². The van der Waals surface area contributed by atoms with Crippen molar-refractivity contribution in [3.63, 3.8) is 0 Å². The zero-order chi connectivity index (χ0) is 6.41. The molecule has 0 fully saturated rings. The molecule has 0 aromatic carbocycles. The summed E-state index contributed by atoms with van der Waals surface area (Å²) in [4.78, 5) is 0. The summed E-state index contributed by atoms with van der Waals surface area (Å²) in [6.45, 7) is 4.16. The zero-order valence-electron chi connectivity index (χ0n) is 5.65. The van der Waals surface area contributed by atoms with Crippen LogP contribution in [0.4, 0.5) is 0 Å². The summed E-state index contributed by atoms with van der Waals surface area (Å²) >= 11 is 0. The van der Waals surface area contributed by atoms with Crippen molar-refractivity contribution >= 4 is 0 Å². The Bertz CT molecular complexity index is 74.5. The maximum atomic E-state index is 8.50. The lowest BCUT2D eigenvalue weighted by Gasteiger charge is -1.96. The molecule has 0 atom stereocenters. The van der Waals surface area contributed by atoms with Gasteiger partial charge in [-0.2, -0.15) is 0 Å². The van der Waals surface area contributed by atoms with Crippen LogP contribution in [-0.4, -0.2) is 5.11 Å². The summed E-state index contributed by atoms with van der Waals surface area (Å²) in [6.07, 6.45) is 4.36. The van der Waals surface area contributed by atoms with Crippen LogP contribution < -0.4 is 0 Å². The summed E-state index contributed by atoms with van der Waals surface area (Å²) in [5, 5.41) is 8.50. The van der Waals surface area contributed by atoms with Crippen LogP contribution in [0, 0.1) is 0 Å². The van der Waals surface area contributed by atoms with Crippen LogP contribution in [0.25, 0.3) is 0 Å². The lowest BCUT2D eigenvalue weighted by atomic mass is 10.1. The Morgan fingerprint density at radius 2 is 2.12 bits per heavy atom. The molecule has 0 aromatic rings. The standard InChI is InChI=1S/C7H14O/c1-3-5-7(4-2)6-8/h6,8H,3-5H2,1-2H3/b7-6-. The molecule has 1 nitrogen and oxygen atoms in total. The largest absolute Gasteiger partial charge is 0.516 e. The zero-order valence-corrected chi connectivity index (χ0v) is 5.65. The Hall–Kier alpha value is -0.460. The van der Waals surface area contributed by atoms with E-state index in [1.165, 1.54) is 6.26 Å². The fourth-order valence-corrected chi connectivity index (χ4v) is 0.654. The first kappa shape index (κ1) is 7.54. The minimum atomic E-state index is 0.977. The highest BCUT2D eigenvalue weighted by Crippen LogP contribution is 2.06.